The summed E-state index contributed by atoms with van der Waals surface area (Å²) in [7, 11) is 0. The average Bonchev–Trinajstić information content (AvgIpc) is 2.05. The molecule has 0 spiro atoms. The van der Waals surface area contributed by atoms with Crippen molar-refractivity contribution in [2.24, 2.45) is 0 Å². The molecular weight excluding hydrogens is 190 g/mol. The smallest absolute Gasteiger partial charge is 0.232 e. The van der Waals surface area contributed by atoms with Crippen LogP contribution in [0.5, 0.6) is 0 Å². The number of carboxylic acids is 1. The van der Waals surface area contributed by atoms with Gasteiger partial charge in [0, 0.05) is 18.8 Å². The molecule has 0 bridgehead atoms. The Morgan fingerprint density at radius 2 is 1.77 bits per heavy atom. The second-order valence-corrected chi connectivity index (χ2v) is 3.42. The highest BCUT2D eigenvalue weighted by Crippen LogP contribution is 2.01. The van der Waals surface area contributed by atoms with Crippen molar-refractivity contribution in [2.75, 3.05) is 24.6 Å². The monoisotopic (exact) mass is 204 g/mol. The van der Waals surface area contributed by atoms with Gasteiger partial charge in [-0.3, -0.25) is 4.79 Å². The van der Waals surface area contributed by atoms with E-state index in [1.807, 2.05) is 13.8 Å². The molecule has 1 amide bonds. The van der Waals surface area contributed by atoms with E-state index in [1.54, 1.807) is 4.90 Å². The van der Waals surface area contributed by atoms with Crippen molar-refractivity contribution in [3.05, 3.63) is 0 Å². The Morgan fingerprint density at radius 3 is 2.15 bits per heavy atom. The molecule has 0 radical (unpaired) electrons. The van der Waals surface area contributed by atoms with Gasteiger partial charge < -0.3 is 14.8 Å². The number of thioether (sulfide) groups is 1. The normalized spacial score (nSPS) is 9.69. The lowest BCUT2D eigenvalue weighted by Crippen LogP contribution is -2.32. The molecule has 4 nitrogen and oxygen atoms in total. The standard InChI is InChI=1S/C8H15NO3S/c1-3-9(4-2)7(10)5-13-6-8(11)12/h3-6H2,1-2H3,(H,11,12)/p-1. The fraction of sp³-hybridized carbons (Fsp3) is 0.750. The van der Waals surface area contributed by atoms with Gasteiger partial charge >= 0.3 is 0 Å². The number of carbonyl (C=O) groups is 2. The first-order valence-electron chi connectivity index (χ1n) is 4.17. The van der Waals surface area contributed by atoms with Gasteiger partial charge in [-0.05, 0) is 13.8 Å². The highest BCUT2D eigenvalue weighted by molar-refractivity contribution is 8.00. The minimum absolute atomic E-state index is 0.0174. The number of hydrogen-bond donors (Lipinski definition) is 0. The molecule has 0 aliphatic carbocycles. The van der Waals surface area contributed by atoms with Crippen LogP contribution in [-0.2, 0) is 9.59 Å². The maximum atomic E-state index is 11.3. The Hall–Kier alpha value is -0.710. The summed E-state index contributed by atoms with van der Waals surface area (Å²) in [6, 6.07) is 0. The highest BCUT2D eigenvalue weighted by Gasteiger charge is 2.08. The molecule has 0 saturated heterocycles. The summed E-state index contributed by atoms with van der Waals surface area (Å²) in [6.07, 6.45) is 0. The fourth-order valence-electron chi connectivity index (χ4n) is 0.889. The summed E-state index contributed by atoms with van der Waals surface area (Å²) < 4.78 is 0. The van der Waals surface area contributed by atoms with Crippen LogP contribution in [0.15, 0.2) is 0 Å². The predicted molar refractivity (Wildman–Crippen MR) is 50.3 cm³/mol. The van der Waals surface area contributed by atoms with Crippen LogP contribution in [0.2, 0.25) is 0 Å². The molecule has 13 heavy (non-hydrogen) atoms. The molecule has 0 fully saturated rings. The number of aliphatic carboxylic acids is 1. The zero-order valence-electron chi connectivity index (χ0n) is 7.91. The van der Waals surface area contributed by atoms with Crippen LogP contribution in [0.3, 0.4) is 0 Å². The zero-order chi connectivity index (χ0) is 10.3. The van der Waals surface area contributed by atoms with E-state index in [-0.39, 0.29) is 17.4 Å². The first kappa shape index (κ1) is 12.3. The lowest BCUT2D eigenvalue weighted by Gasteiger charge is -2.18. The number of nitrogens with zero attached hydrogens (tertiary/aromatic N) is 1. The Labute approximate surface area is 82.3 Å². The summed E-state index contributed by atoms with van der Waals surface area (Å²) in [4.78, 5) is 23.0. The molecule has 0 saturated carbocycles. The van der Waals surface area contributed by atoms with Crippen molar-refractivity contribution in [3.8, 4) is 0 Å². The van der Waals surface area contributed by atoms with E-state index >= 15 is 0 Å². The van der Waals surface area contributed by atoms with Crippen molar-refractivity contribution in [3.63, 3.8) is 0 Å². The Bertz CT molecular complexity index is 180. The number of amides is 1. The van der Waals surface area contributed by atoms with Crippen molar-refractivity contribution in [1.29, 1.82) is 0 Å². The van der Waals surface area contributed by atoms with Gasteiger partial charge in [-0.25, -0.2) is 0 Å². The summed E-state index contributed by atoms with van der Waals surface area (Å²) in [5.74, 6) is -1.04. The molecule has 5 heteroatoms. The molecule has 0 aliphatic heterocycles. The third-order valence-corrected chi connectivity index (χ3v) is 2.45. The first-order chi connectivity index (χ1) is 6.11. The van der Waals surface area contributed by atoms with E-state index in [0.717, 1.165) is 11.8 Å². The average molecular weight is 204 g/mol. The molecule has 0 aliphatic rings. The van der Waals surface area contributed by atoms with Gasteiger partial charge in [0.2, 0.25) is 5.91 Å². The molecule has 0 N–H and O–H groups in total. The summed E-state index contributed by atoms with van der Waals surface area (Å²) in [6.45, 7) is 5.12. The number of rotatable bonds is 6. The minimum atomic E-state index is -1.13. The molecule has 76 valence electrons. The molecule has 0 aromatic carbocycles. The molecule has 0 unspecified atom stereocenters. The molecule has 0 heterocycles. The zero-order valence-corrected chi connectivity index (χ0v) is 8.73. The summed E-state index contributed by atoms with van der Waals surface area (Å²) in [5, 5.41) is 10.0. The van der Waals surface area contributed by atoms with Crippen molar-refractivity contribution in [1.82, 2.24) is 4.90 Å². The van der Waals surface area contributed by atoms with Crippen molar-refractivity contribution in [2.45, 2.75) is 13.8 Å². The van der Waals surface area contributed by atoms with Crippen LogP contribution in [0.25, 0.3) is 0 Å². The Morgan fingerprint density at radius 1 is 1.23 bits per heavy atom. The third kappa shape index (κ3) is 5.52. The fourth-order valence-corrected chi connectivity index (χ4v) is 1.52. The van der Waals surface area contributed by atoms with Crippen LogP contribution in [0, 0.1) is 0 Å². The van der Waals surface area contributed by atoms with E-state index in [2.05, 4.69) is 0 Å². The maximum Gasteiger partial charge on any atom is 0.232 e. The molecule has 0 rings (SSSR count). The largest absolute Gasteiger partial charge is 0.549 e. The lowest BCUT2D eigenvalue weighted by molar-refractivity contribution is -0.301. The van der Waals surface area contributed by atoms with Gasteiger partial charge in [0.25, 0.3) is 0 Å². The molecule has 0 aromatic heterocycles. The molecule has 0 aromatic rings. The predicted octanol–water partition coefficient (Wildman–Crippen LogP) is -0.662. The van der Waals surface area contributed by atoms with E-state index in [1.165, 1.54) is 0 Å². The topological polar surface area (TPSA) is 60.4 Å². The van der Waals surface area contributed by atoms with Gasteiger partial charge in [0.1, 0.15) is 0 Å². The third-order valence-electron chi connectivity index (χ3n) is 1.56. The van der Waals surface area contributed by atoms with Crippen LogP contribution in [0.1, 0.15) is 13.8 Å². The van der Waals surface area contributed by atoms with Crippen LogP contribution < -0.4 is 5.11 Å². The molecular formula is C8H14NO3S-. The second kappa shape index (κ2) is 6.77. The van der Waals surface area contributed by atoms with Gasteiger partial charge in [-0.2, -0.15) is 0 Å². The Kier molecular flexibility index (Phi) is 6.40. The van der Waals surface area contributed by atoms with E-state index in [9.17, 15) is 14.7 Å². The van der Waals surface area contributed by atoms with Crippen LogP contribution in [0.4, 0.5) is 0 Å². The van der Waals surface area contributed by atoms with E-state index in [0.29, 0.717) is 13.1 Å². The maximum absolute atomic E-state index is 11.3. The Balaban J connectivity index is 3.66. The van der Waals surface area contributed by atoms with Crippen LogP contribution >= 0.6 is 11.8 Å². The van der Waals surface area contributed by atoms with Gasteiger partial charge in [0.05, 0.1) is 11.7 Å². The summed E-state index contributed by atoms with van der Waals surface area (Å²) >= 11 is 1.08. The number of hydrogen-bond acceptors (Lipinski definition) is 4. The number of carbonyl (C=O) groups excluding carboxylic acids is 2. The van der Waals surface area contributed by atoms with Gasteiger partial charge in [0.15, 0.2) is 0 Å². The SMILES string of the molecule is CCN(CC)C(=O)CSCC(=O)[O-]. The first-order valence-corrected chi connectivity index (χ1v) is 5.32. The second-order valence-electron chi connectivity index (χ2n) is 2.43. The van der Waals surface area contributed by atoms with Crippen molar-refractivity contribution < 1.29 is 14.7 Å². The molecule has 0 atom stereocenters. The van der Waals surface area contributed by atoms with Gasteiger partial charge in [-0.1, -0.05) is 0 Å². The van der Waals surface area contributed by atoms with Crippen molar-refractivity contribution >= 4 is 23.6 Å². The number of carboxylic acid groups (broad SMARTS) is 1. The van der Waals surface area contributed by atoms with E-state index in [4.69, 9.17) is 0 Å². The van der Waals surface area contributed by atoms with Crippen LogP contribution in [-0.4, -0.2) is 41.4 Å². The highest BCUT2D eigenvalue weighted by atomic mass is 32.2. The quantitative estimate of drug-likeness (QED) is 0.576. The van der Waals surface area contributed by atoms with E-state index < -0.39 is 5.97 Å². The summed E-state index contributed by atoms with van der Waals surface area (Å²) in [5.41, 5.74) is 0. The minimum Gasteiger partial charge on any atom is -0.549 e. The van der Waals surface area contributed by atoms with Gasteiger partial charge in [-0.15, -0.1) is 11.8 Å². The lowest BCUT2D eigenvalue weighted by atomic mass is 10.5.